The van der Waals surface area contributed by atoms with Crippen LogP contribution in [0.4, 0.5) is 5.69 Å². The second kappa shape index (κ2) is 7.38. The first kappa shape index (κ1) is 18.9. The van der Waals surface area contributed by atoms with Gasteiger partial charge in [0.05, 0.1) is 23.1 Å². The van der Waals surface area contributed by atoms with Gasteiger partial charge in [0.1, 0.15) is 11.2 Å². The van der Waals surface area contributed by atoms with Gasteiger partial charge in [-0.15, -0.1) is 0 Å². The Morgan fingerprint density at radius 3 is 2.72 bits per heavy atom. The summed E-state index contributed by atoms with van der Waals surface area (Å²) in [5, 5.41) is 8.59. The summed E-state index contributed by atoms with van der Waals surface area (Å²) in [4.78, 5) is 26.4. The lowest BCUT2D eigenvalue weighted by molar-refractivity contribution is 0.313. The van der Waals surface area contributed by atoms with Gasteiger partial charge in [-0.25, -0.2) is 9.97 Å². The second-order valence-corrected chi connectivity index (χ2v) is 8.28. The highest BCUT2D eigenvalue weighted by Gasteiger charge is 2.20. The van der Waals surface area contributed by atoms with Crippen molar-refractivity contribution in [1.29, 1.82) is 0 Å². The molecule has 1 aliphatic rings. The fourth-order valence-electron chi connectivity index (χ4n) is 4.30. The van der Waals surface area contributed by atoms with Crippen molar-refractivity contribution in [2.45, 2.75) is 6.92 Å². The average molecular weight is 426 g/mol. The molecule has 0 spiro atoms. The van der Waals surface area contributed by atoms with E-state index in [9.17, 15) is 0 Å². The summed E-state index contributed by atoms with van der Waals surface area (Å²) >= 11 is 0. The summed E-state index contributed by atoms with van der Waals surface area (Å²) in [5.41, 5.74) is 7.39. The Labute approximate surface area is 184 Å². The number of aromatic amines is 2. The van der Waals surface area contributed by atoms with Gasteiger partial charge in [0.25, 0.3) is 0 Å². The lowest BCUT2D eigenvalue weighted by atomic mass is 10.1. The Kier molecular flexibility index (Phi) is 4.36. The van der Waals surface area contributed by atoms with E-state index in [1.54, 1.807) is 6.20 Å². The number of imidazole rings is 1. The van der Waals surface area contributed by atoms with E-state index in [0.717, 1.165) is 70.8 Å². The molecule has 6 rings (SSSR count). The van der Waals surface area contributed by atoms with Crippen molar-refractivity contribution in [3.8, 4) is 22.8 Å². The third-order valence-electron chi connectivity index (χ3n) is 6.20. The van der Waals surface area contributed by atoms with Gasteiger partial charge in [-0.3, -0.25) is 15.1 Å². The van der Waals surface area contributed by atoms with Crippen LogP contribution in [0.25, 0.3) is 44.8 Å². The molecule has 2 N–H and O–H groups in total. The van der Waals surface area contributed by atoms with Crippen LogP contribution in [0.1, 0.15) is 5.56 Å². The van der Waals surface area contributed by atoms with Gasteiger partial charge in [-0.2, -0.15) is 5.10 Å². The molecule has 1 fully saturated rings. The molecule has 6 heterocycles. The molecule has 1 saturated heterocycles. The lowest BCUT2D eigenvalue weighted by Crippen LogP contribution is -2.44. The molecule has 0 amide bonds. The van der Waals surface area contributed by atoms with Crippen LogP contribution in [-0.4, -0.2) is 73.2 Å². The number of fused-ring (bicyclic) bond motifs is 2. The summed E-state index contributed by atoms with van der Waals surface area (Å²) < 4.78 is 0. The molecule has 9 nitrogen and oxygen atoms in total. The molecule has 0 saturated carbocycles. The van der Waals surface area contributed by atoms with Crippen molar-refractivity contribution in [2.75, 3.05) is 38.1 Å². The smallest absolute Gasteiger partial charge is 0.180 e. The Morgan fingerprint density at radius 2 is 1.88 bits per heavy atom. The third kappa shape index (κ3) is 3.09. The van der Waals surface area contributed by atoms with E-state index in [2.05, 4.69) is 60.0 Å². The topological polar surface area (TPSA) is 103 Å². The van der Waals surface area contributed by atoms with Gasteiger partial charge in [-0.05, 0) is 37.7 Å². The molecule has 0 aliphatic carbocycles. The van der Waals surface area contributed by atoms with Gasteiger partial charge in [-0.1, -0.05) is 0 Å². The molecule has 5 aromatic heterocycles. The molecule has 0 aromatic carbocycles. The molecule has 160 valence electrons. The van der Waals surface area contributed by atoms with Crippen molar-refractivity contribution in [3.63, 3.8) is 0 Å². The van der Waals surface area contributed by atoms with Crippen LogP contribution in [0.15, 0.2) is 43.0 Å². The number of nitrogens with zero attached hydrogens (tertiary/aromatic N) is 7. The number of rotatable bonds is 3. The zero-order chi connectivity index (χ0) is 21.7. The summed E-state index contributed by atoms with van der Waals surface area (Å²) in [6.45, 7) is 6.10. The molecule has 9 heteroatoms. The van der Waals surface area contributed by atoms with E-state index >= 15 is 0 Å². The molecule has 0 radical (unpaired) electrons. The Morgan fingerprint density at radius 1 is 1.00 bits per heavy atom. The SMILES string of the molecule is Cc1ccncc1-c1cc2c(-c3nc4nccc(N5CCN(C)CC5)c4[nH]3)n[nH]c2cn1. The monoisotopic (exact) mass is 425 g/mol. The van der Waals surface area contributed by atoms with E-state index in [1.165, 1.54) is 0 Å². The Bertz CT molecular complexity index is 1430. The van der Waals surface area contributed by atoms with Crippen LogP contribution in [0, 0.1) is 6.92 Å². The van der Waals surface area contributed by atoms with E-state index in [4.69, 9.17) is 4.98 Å². The minimum absolute atomic E-state index is 0.695. The molecular formula is C23H23N9. The number of hydrogen-bond donors (Lipinski definition) is 2. The van der Waals surface area contributed by atoms with Crippen LogP contribution < -0.4 is 4.90 Å². The number of nitrogens with one attached hydrogen (secondary N) is 2. The maximum atomic E-state index is 4.78. The molecule has 0 unspecified atom stereocenters. The van der Waals surface area contributed by atoms with Crippen LogP contribution in [0.5, 0.6) is 0 Å². The van der Waals surface area contributed by atoms with Gasteiger partial charge >= 0.3 is 0 Å². The van der Waals surface area contributed by atoms with Crippen molar-refractivity contribution in [1.82, 2.24) is 40.0 Å². The number of H-pyrrole nitrogens is 2. The molecule has 5 aromatic rings. The molecule has 0 atom stereocenters. The van der Waals surface area contributed by atoms with E-state index < -0.39 is 0 Å². The zero-order valence-corrected chi connectivity index (χ0v) is 18.0. The summed E-state index contributed by atoms with van der Waals surface area (Å²) in [5.74, 6) is 0.695. The van der Waals surface area contributed by atoms with Gasteiger partial charge in [0, 0.05) is 55.7 Å². The summed E-state index contributed by atoms with van der Waals surface area (Å²) in [7, 11) is 2.16. The fourth-order valence-corrected chi connectivity index (χ4v) is 4.30. The van der Waals surface area contributed by atoms with E-state index in [0.29, 0.717) is 11.5 Å². The lowest BCUT2D eigenvalue weighted by Gasteiger charge is -2.34. The predicted molar refractivity (Wildman–Crippen MR) is 124 cm³/mol. The van der Waals surface area contributed by atoms with Crippen molar-refractivity contribution in [2.24, 2.45) is 0 Å². The largest absolute Gasteiger partial charge is 0.367 e. The maximum Gasteiger partial charge on any atom is 0.180 e. The number of piperazine rings is 1. The third-order valence-corrected chi connectivity index (χ3v) is 6.20. The molecular weight excluding hydrogens is 402 g/mol. The first-order valence-electron chi connectivity index (χ1n) is 10.7. The quantitative estimate of drug-likeness (QED) is 0.458. The summed E-state index contributed by atoms with van der Waals surface area (Å²) in [6.07, 6.45) is 7.28. The van der Waals surface area contributed by atoms with Crippen molar-refractivity contribution < 1.29 is 0 Å². The number of likely N-dealkylation sites (N-methyl/N-ethyl adjacent to an activating group) is 1. The highest BCUT2D eigenvalue weighted by atomic mass is 15.3. The normalized spacial score (nSPS) is 15.1. The zero-order valence-electron chi connectivity index (χ0n) is 18.0. The van der Waals surface area contributed by atoms with Crippen LogP contribution >= 0.6 is 0 Å². The van der Waals surface area contributed by atoms with E-state index in [-0.39, 0.29) is 0 Å². The predicted octanol–water partition coefficient (Wildman–Crippen LogP) is 3.02. The Balaban J connectivity index is 1.45. The minimum Gasteiger partial charge on any atom is -0.367 e. The van der Waals surface area contributed by atoms with E-state index in [1.807, 2.05) is 30.7 Å². The number of aryl methyl sites for hydroxylation is 1. The molecule has 32 heavy (non-hydrogen) atoms. The van der Waals surface area contributed by atoms with Crippen molar-refractivity contribution >= 4 is 27.8 Å². The second-order valence-electron chi connectivity index (χ2n) is 8.28. The molecule has 0 bridgehead atoms. The highest BCUT2D eigenvalue weighted by Crippen LogP contribution is 2.31. The highest BCUT2D eigenvalue weighted by molar-refractivity contribution is 5.96. The van der Waals surface area contributed by atoms with Crippen LogP contribution in [-0.2, 0) is 0 Å². The van der Waals surface area contributed by atoms with Crippen LogP contribution in [0.2, 0.25) is 0 Å². The average Bonchev–Trinajstić information content (AvgIpc) is 3.43. The standard InChI is InChI=1S/C23H23N9/c1-14-3-5-24-12-16(14)17-11-15-18(13-26-17)29-30-20(15)23-27-21-19(4-6-25-22(21)28-23)32-9-7-31(2)8-10-32/h3-6,11-13H,7-10H2,1-2H3,(H,29,30)(H,25,27,28). The van der Waals surface area contributed by atoms with Crippen LogP contribution in [0.3, 0.4) is 0 Å². The number of pyridine rings is 3. The summed E-state index contributed by atoms with van der Waals surface area (Å²) in [6, 6.07) is 6.09. The Hall–Kier alpha value is -3.85. The van der Waals surface area contributed by atoms with Crippen molar-refractivity contribution in [3.05, 3.63) is 48.5 Å². The number of anilines is 1. The maximum absolute atomic E-state index is 4.78. The minimum atomic E-state index is 0.695. The van der Waals surface area contributed by atoms with Gasteiger partial charge in [0.2, 0.25) is 0 Å². The number of hydrogen-bond acceptors (Lipinski definition) is 7. The first-order valence-corrected chi connectivity index (χ1v) is 10.7. The van der Waals surface area contributed by atoms with Gasteiger partial charge in [0.15, 0.2) is 11.5 Å². The van der Waals surface area contributed by atoms with Gasteiger partial charge < -0.3 is 14.8 Å². The molecule has 1 aliphatic heterocycles. The fraction of sp³-hybridized carbons (Fsp3) is 0.261. The number of aromatic nitrogens is 7. The first-order chi connectivity index (χ1) is 15.7.